The highest BCUT2D eigenvalue weighted by atomic mass is 32.2. The molecule has 24 heavy (non-hydrogen) atoms. The van der Waals surface area contributed by atoms with Crippen LogP contribution in [-0.2, 0) is 10.0 Å². The summed E-state index contributed by atoms with van der Waals surface area (Å²) >= 11 is 0. The zero-order valence-electron chi connectivity index (χ0n) is 14.4. The lowest BCUT2D eigenvalue weighted by Gasteiger charge is -2.31. The molecule has 1 aliphatic heterocycles. The van der Waals surface area contributed by atoms with E-state index in [4.69, 9.17) is 0 Å². The van der Waals surface area contributed by atoms with Crippen LogP contribution in [0.25, 0.3) is 0 Å². The Labute approximate surface area is 143 Å². The second kappa shape index (κ2) is 7.85. The summed E-state index contributed by atoms with van der Waals surface area (Å²) in [6, 6.07) is 5.22. The van der Waals surface area contributed by atoms with Crippen molar-refractivity contribution in [1.29, 1.82) is 0 Å². The van der Waals surface area contributed by atoms with Gasteiger partial charge in [-0.3, -0.25) is 9.52 Å². The molecule has 0 saturated carbocycles. The molecule has 1 fully saturated rings. The van der Waals surface area contributed by atoms with E-state index in [2.05, 4.69) is 20.3 Å². The minimum absolute atomic E-state index is 0.0664. The van der Waals surface area contributed by atoms with Gasteiger partial charge < -0.3 is 15.5 Å². The first kappa shape index (κ1) is 18.5. The van der Waals surface area contributed by atoms with E-state index in [9.17, 15) is 13.2 Å². The number of amides is 1. The van der Waals surface area contributed by atoms with E-state index in [0.29, 0.717) is 11.3 Å². The van der Waals surface area contributed by atoms with Crippen molar-refractivity contribution in [3.8, 4) is 0 Å². The molecular weight excluding hydrogens is 328 g/mol. The average Bonchev–Trinajstić information content (AvgIpc) is 2.54. The van der Waals surface area contributed by atoms with Gasteiger partial charge in [0.2, 0.25) is 10.0 Å². The maximum atomic E-state index is 12.3. The predicted octanol–water partition coefficient (Wildman–Crippen LogP) is 0.996. The maximum Gasteiger partial charge on any atom is 0.251 e. The molecule has 1 saturated heterocycles. The van der Waals surface area contributed by atoms with Crippen molar-refractivity contribution in [2.75, 3.05) is 42.1 Å². The summed E-state index contributed by atoms with van der Waals surface area (Å²) in [5, 5.41) is 6.16. The van der Waals surface area contributed by atoms with Crippen LogP contribution in [0.5, 0.6) is 0 Å². The molecule has 8 heteroatoms. The number of hydrogen-bond donors (Lipinski definition) is 3. The summed E-state index contributed by atoms with van der Waals surface area (Å²) in [6.07, 6.45) is 1.94. The van der Waals surface area contributed by atoms with Crippen LogP contribution in [0.1, 0.15) is 30.6 Å². The van der Waals surface area contributed by atoms with E-state index >= 15 is 0 Å². The van der Waals surface area contributed by atoms with Crippen LogP contribution >= 0.6 is 0 Å². The molecule has 1 heterocycles. The van der Waals surface area contributed by atoms with Crippen molar-refractivity contribution >= 4 is 27.3 Å². The minimum Gasteiger partial charge on any atom is -0.367 e. The number of anilines is 2. The highest BCUT2D eigenvalue weighted by Crippen LogP contribution is 2.28. The molecule has 1 atom stereocenters. The zero-order valence-corrected chi connectivity index (χ0v) is 15.2. The van der Waals surface area contributed by atoms with Crippen molar-refractivity contribution in [2.24, 2.45) is 0 Å². The molecule has 3 N–H and O–H groups in total. The zero-order chi connectivity index (χ0) is 17.7. The average molecular weight is 354 g/mol. The van der Waals surface area contributed by atoms with Crippen molar-refractivity contribution in [1.82, 2.24) is 10.6 Å². The molecule has 0 spiro atoms. The van der Waals surface area contributed by atoms with E-state index in [1.54, 1.807) is 12.1 Å². The lowest BCUT2D eigenvalue weighted by atomic mass is 10.1. The first-order valence-corrected chi connectivity index (χ1v) is 10.1. The van der Waals surface area contributed by atoms with Crippen LogP contribution in [0.2, 0.25) is 0 Å². The smallest absolute Gasteiger partial charge is 0.251 e. The first-order chi connectivity index (χ1) is 11.3. The SMILES string of the molecule is CC[C@@H](C)NC(=O)c1ccc(N2CCNCC2)c(NS(C)(=O)=O)c1. The van der Waals surface area contributed by atoms with Gasteiger partial charge in [0.05, 0.1) is 17.6 Å². The predicted molar refractivity (Wildman–Crippen MR) is 97.2 cm³/mol. The molecule has 0 bridgehead atoms. The van der Waals surface area contributed by atoms with Gasteiger partial charge >= 0.3 is 0 Å². The lowest BCUT2D eigenvalue weighted by Crippen LogP contribution is -2.43. The summed E-state index contributed by atoms with van der Waals surface area (Å²) in [5.41, 5.74) is 1.68. The largest absolute Gasteiger partial charge is 0.367 e. The molecule has 1 aliphatic rings. The van der Waals surface area contributed by atoms with Gasteiger partial charge in [0, 0.05) is 37.8 Å². The number of rotatable bonds is 6. The number of nitrogens with zero attached hydrogens (tertiary/aromatic N) is 1. The second-order valence-corrected chi connectivity index (χ2v) is 7.87. The summed E-state index contributed by atoms with van der Waals surface area (Å²) in [7, 11) is -3.43. The summed E-state index contributed by atoms with van der Waals surface area (Å²) in [5.74, 6) is -0.201. The van der Waals surface area contributed by atoms with Crippen molar-refractivity contribution in [3.05, 3.63) is 23.8 Å². The van der Waals surface area contributed by atoms with Gasteiger partial charge in [-0.15, -0.1) is 0 Å². The fraction of sp³-hybridized carbons (Fsp3) is 0.562. The molecule has 134 valence electrons. The number of carbonyl (C=O) groups excluding carboxylic acids is 1. The van der Waals surface area contributed by atoms with Crippen LogP contribution < -0.4 is 20.3 Å². The quantitative estimate of drug-likeness (QED) is 0.709. The number of carbonyl (C=O) groups is 1. The highest BCUT2D eigenvalue weighted by Gasteiger charge is 2.18. The highest BCUT2D eigenvalue weighted by molar-refractivity contribution is 7.92. The Morgan fingerprint density at radius 3 is 2.58 bits per heavy atom. The van der Waals surface area contributed by atoms with Crippen LogP contribution in [0.3, 0.4) is 0 Å². The normalized spacial score (nSPS) is 16.5. The van der Waals surface area contributed by atoms with Crippen LogP contribution in [0.15, 0.2) is 18.2 Å². The molecule has 0 radical (unpaired) electrons. The van der Waals surface area contributed by atoms with E-state index < -0.39 is 10.0 Å². The Bertz CT molecular complexity index is 685. The van der Waals surface area contributed by atoms with E-state index in [0.717, 1.165) is 44.5 Å². The van der Waals surface area contributed by atoms with Gasteiger partial charge in [-0.2, -0.15) is 0 Å². The first-order valence-electron chi connectivity index (χ1n) is 8.18. The molecule has 1 aromatic rings. The molecule has 1 amide bonds. The van der Waals surface area contributed by atoms with Crippen molar-refractivity contribution in [2.45, 2.75) is 26.3 Å². The van der Waals surface area contributed by atoms with Crippen LogP contribution in [-0.4, -0.2) is 52.8 Å². The van der Waals surface area contributed by atoms with E-state index in [1.165, 1.54) is 0 Å². The molecule has 7 nitrogen and oxygen atoms in total. The molecule has 2 rings (SSSR count). The number of benzene rings is 1. The number of sulfonamides is 1. The Hall–Kier alpha value is -1.80. The molecular formula is C16H26N4O3S. The third-order valence-electron chi connectivity index (χ3n) is 4.00. The van der Waals surface area contributed by atoms with E-state index in [1.807, 2.05) is 19.9 Å². The van der Waals surface area contributed by atoms with Gasteiger partial charge in [-0.05, 0) is 31.5 Å². The Kier molecular flexibility index (Phi) is 6.06. The molecule has 0 aliphatic carbocycles. The van der Waals surface area contributed by atoms with E-state index in [-0.39, 0.29) is 11.9 Å². The molecule has 1 aromatic carbocycles. The fourth-order valence-corrected chi connectivity index (χ4v) is 3.11. The van der Waals surface area contributed by atoms with Gasteiger partial charge in [0.1, 0.15) is 0 Å². The van der Waals surface area contributed by atoms with Gasteiger partial charge in [-0.1, -0.05) is 6.92 Å². The third-order valence-corrected chi connectivity index (χ3v) is 4.59. The topological polar surface area (TPSA) is 90.5 Å². The number of nitrogens with one attached hydrogen (secondary N) is 3. The molecule has 0 unspecified atom stereocenters. The monoisotopic (exact) mass is 354 g/mol. The van der Waals surface area contributed by atoms with Crippen LogP contribution in [0.4, 0.5) is 11.4 Å². The fourth-order valence-electron chi connectivity index (χ4n) is 2.55. The minimum atomic E-state index is -3.43. The van der Waals surface area contributed by atoms with Crippen LogP contribution in [0, 0.1) is 0 Å². The van der Waals surface area contributed by atoms with Crippen molar-refractivity contribution in [3.63, 3.8) is 0 Å². The number of hydrogen-bond acceptors (Lipinski definition) is 5. The summed E-state index contributed by atoms with van der Waals surface area (Å²) in [4.78, 5) is 14.4. The molecule has 0 aromatic heterocycles. The van der Waals surface area contributed by atoms with Gasteiger partial charge in [0.15, 0.2) is 0 Å². The maximum absolute atomic E-state index is 12.3. The Balaban J connectivity index is 2.32. The Morgan fingerprint density at radius 2 is 2.00 bits per heavy atom. The van der Waals surface area contributed by atoms with Crippen molar-refractivity contribution < 1.29 is 13.2 Å². The summed E-state index contributed by atoms with van der Waals surface area (Å²) < 4.78 is 25.9. The standard InChI is InChI=1S/C16H26N4O3S/c1-4-12(2)18-16(21)13-5-6-15(20-9-7-17-8-10-20)14(11-13)19-24(3,22)23/h5-6,11-12,17,19H,4,7-10H2,1-3H3,(H,18,21)/t12-/m1/s1. The third kappa shape index (κ3) is 5.10. The Morgan fingerprint density at radius 1 is 1.33 bits per heavy atom. The number of piperazine rings is 1. The summed E-state index contributed by atoms with van der Waals surface area (Å²) in [6.45, 7) is 7.19. The van der Waals surface area contributed by atoms with Gasteiger partial charge in [-0.25, -0.2) is 8.42 Å². The lowest BCUT2D eigenvalue weighted by molar-refractivity contribution is 0.0939. The van der Waals surface area contributed by atoms with Gasteiger partial charge in [0.25, 0.3) is 5.91 Å². The second-order valence-electron chi connectivity index (χ2n) is 6.13.